The number of aryl methyl sites for hydroxylation is 3. The Hall–Kier alpha value is -3.12. The van der Waals surface area contributed by atoms with Crippen LogP contribution in [0, 0.1) is 13.8 Å². The van der Waals surface area contributed by atoms with Crippen molar-refractivity contribution in [3.05, 3.63) is 64.7 Å². The van der Waals surface area contributed by atoms with Crippen molar-refractivity contribution < 1.29 is 13.7 Å². The molecule has 2 aromatic carbocycles. The molecule has 0 saturated heterocycles. The second-order valence-corrected chi connectivity index (χ2v) is 7.07. The van der Waals surface area contributed by atoms with Crippen LogP contribution in [0.15, 0.2) is 51.4 Å². The first-order chi connectivity index (χ1) is 13.5. The zero-order valence-corrected chi connectivity index (χ0v) is 16.2. The van der Waals surface area contributed by atoms with E-state index in [-0.39, 0.29) is 12.3 Å². The van der Waals surface area contributed by atoms with E-state index < -0.39 is 0 Å². The molecule has 0 fully saturated rings. The summed E-state index contributed by atoms with van der Waals surface area (Å²) in [4.78, 5) is 16.7. The van der Waals surface area contributed by atoms with Gasteiger partial charge in [0.2, 0.25) is 17.6 Å². The molecular weight excluding hydrogens is 378 g/mol. The summed E-state index contributed by atoms with van der Waals surface area (Å²) in [5, 5.41) is 8.14. The number of aromatic nitrogens is 2. The van der Waals surface area contributed by atoms with Gasteiger partial charge in [0, 0.05) is 29.5 Å². The lowest BCUT2D eigenvalue weighted by Crippen LogP contribution is -2.12. The van der Waals surface area contributed by atoms with Gasteiger partial charge in [0.25, 0.3) is 0 Å². The van der Waals surface area contributed by atoms with Crippen LogP contribution in [-0.2, 0) is 11.2 Å². The van der Waals surface area contributed by atoms with Gasteiger partial charge in [0.05, 0.1) is 5.02 Å². The molecule has 0 unspecified atom stereocenters. The molecule has 6 nitrogen and oxygen atoms in total. The van der Waals surface area contributed by atoms with E-state index in [1.165, 1.54) is 0 Å². The minimum atomic E-state index is -0.161. The monoisotopic (exact) mass is 395 g/mol. The number of nitrogens with one attached hydrogen (secondary N) is 1. The summed E-state index contributed by atoms with van der Waals surface area (Å²) in [7, 11) is 0. The summed E-state index contributed by atoms with van der Waals surface area (Å²) in [5.41, 5.74) is 3.24. The first kappa shape index (κ1) is 18.3. The summed E-state index contributed by atoms with van der Waals surface area (Å²) in [5.74, 6) is 1.55. The second kappa shape index (κ2) is 7.48. The molecule has 0 spiro atoms. The Morgan fingerprint density at radius 1 is 1.18 bits per heavy atom. The molecule has 4 rings (SSSR count). The predicted octanol–water partition coefficient (Wildman–Crippen LogP) is 5.32. The van der Waals surface area contributed by atoms with Gasteiger partial charge in [-0.3, -0.25) is 4.79 Å². The minimum Gasteiger partial charge on any atom is -0.460 e. The summed E-state index contributed by atoms with van der Waals surface area (Å²) in [6, 6.07) is 13.2. The lowest BCUT2D eigenvalue weighted by molar-refractivity contribution is -0.116. The fourth-order valence-corrected chi connectivity index (χ4v) is 3.28. The van der Waals surface area contributed by atoms with Gasteiger partial charge in [0.1, 0.15) is 5.76 Å². The lowest BCUT2D eigenvalue weighted by Gasteiger charge is -2.05. The minimum absolute atomic E-state index is 0.161. The first-order valence-electron chi connectivity index (χ1n) is 8.87. The molecule has 4 aromatic rings. The molecule has 0 atom stereocenters. The average molecular weight is 396 g/mol. The molecule has 1 N–H and O–H groups in total. The van der Waals surface area contributed by atoms with Crippen molar-refractivity contribution in [2.75, 3.05) is 5.32 Å². The maximum absolute atomic E-state index is 12.3. The molecule has 28 heavy (non-hydrogen) atoms. The van der Waals surface area contributed by atoms with E-state index in [1.54, 1.807) is 6.07 Å². The van der Waals surface area contributed by atoms with Crippen molar-refractivity contribution in [1.82, 2.24) is 10.1 Å². The highest BCUT2D eigenvalue weighted by Crippen LogP contribution is 2.30. The Labute approximate surface area is 166 Å². The number of halogens is 1. The van der Waals surface area contributed by atoms with Crippen LogP contribution in [0.3, 0.4) is 0 Å². The molecule has 0 aliphatic heterocycles. The number of nitrogens with zero attached hydrogens (tertiary/aromatic N) is 2. The molecular formula is C21H18ClN3O3. The van der Waals surface area contributed by atoms with E-state index in [4.69, 9.17) is 20.5 Å². The molecule has 142 valence electrons. The van der Waals surface area contributed by atoms with Crippen LogP contribution in [0.1, 0.15) is 23.6 Å². The highest BCUT2D eigenvalue weighted by atomic mass is 35.5. The van der Waals surface area contributed by atoms with Gasteiger partial charge < -0.3 is 14.3 Å². The van der Waals surface area contributed by atoms with E-state index in [0.29, 0.717) is 34.4 Å². The number of hydrogen-bond acceptors (Lipinski definition) is 5. The highest BCUT2D eigenvalue weighted by molar-refractivity contribution is 6.35. The number of amides is 1. The van der Waals surface area contributed by atoms with Crippen LogP contribution in [0.2, 0.25) is 5.02 Å². The van der Waals surface area contributed by atoms with E-state index >= 15 is 0 Å². The van der Waals surface area contributed by atoms with Gasteiger partial charge in [0.15, 0.2) is 5.58 Å². The summed E-state index contributed by atoms with van der Waals surface area (Å²) < 4.78 is 10.8. The van der Waals surface area contributed by atoms with Gasteiger partial charge in [-0.15, -0.1) is 0 Å². The molecule has 0 radical (unpaired) electrons. The third-order valence-electron chi connectivity index (χ3n) is 4.29. The van der Waals surface area contributed by atoms with Gasteiger partial charge in [-0.05, 0) is 38.1 Å². The van der Waals surface area contributed by atoms with Gasteiger partial charge >= 0.3 is 0 Å². The molecule has 2 aromatic heterocycles. The fourth-order valence-electron chi connectivity index (χ4n) is 3.01. The van der Waals surface area contributed by atoms with Gasteiger partial charge in [-0.25, -0.2) is 0 Å². The Kier molecular flexibility index (Phi) is 4.88. The van der Waals surface area contributed by atoms with Gasteiger partial charge in [-0.2, -0.15) is 4.98 Å². The number of anilines is 1. The molecule has 0 aliphatic carbocycles. The van der Waals surface area contributed by atoms with E-state index in [9.17, 15) is 4.79 Å². The third-order valence-corrected chi connectivity index (χ3v) is 4.57. The standard InChI is InChI=1S/C21H18ClN3O3/c1-12-4-3-5-14(8-12)21-24-19(28-25-21)7-6-18(26)23-16-10-15-9-13(2)27-20(15)17(22)11-16/h3-5,8-11H,6-7H2,1-2H3,(H,23,26). The zero-order valence-electron chi connectivity index (χ0n) is 15.5. The number of furan rings is 1. The Bertz CT molecular complexity index is 1160. The van der Waals surface area contributed by atoms with Crippen LogP contribution in [-0.4, -0.2) is 16.0 Å². The van der Waals surface area contributed by atoms with Crippen LogP contribution in [0.25, 0.3) is 22.4 Å². The second-order valence-electron chi connectivity index (χ2n) is 6.66. The Balaban J connectivity index is 1.40. The van der Waals surface area contributed by atoms with Crippen molar-refractivity contribution in [2.24, 2.45) is 0 Å². The number of hydrogen-bond donors (Lipinski definition) is 1. The maximum Gasteiger partial charge on any atom is 0.227 e. The highest BCUT2D eigenvalue weighted by Gasteiger charge is 2.13. The van der Waals surface area contributed by atoms with E-state index in [2.05, 4.69) is 15.5 Å². The zero-order chi connectivity index (χ0) is 19.7. The summed E-state index contributed by atoms with van der Waals surface area (Å²) >= 11 is 6.23. The third kappa shape index (κ3) is 3.92. The molecule has 0 aliphatic rings. The summed E-state index contributed by atoms with van der Waals surface area (Å²) in [6.45, 7) is 3.85. The fraction of sp³-hybridized carbons (Fsp3) is 0.190. The van der Waals surface area contributed by atoms with Crippen molar-refractivity contribution in [3.63, 3.8) is 0 Å². The quantitative estimate of drug-likeness (QED) is 0.494. The van der Waals surface area contributed by atoms with Gasteiger partial charge in [-0.1, -0.05) is 40.5 Å². The molecule has 0 saturated carbocycles. The van der Waals surface area contributed by atoms with Crippen LogP contribution < -0.4 is 5.32 Å². The van der Waals surface area contributed by atoms with Crippen LogP contribution in [0.4, 0.5) is 5.69 Å². The Morgan fingerprint density at radius 3 is 2.86 bits per heavy atom. The molecule has 1 amide bonds. The largest absolute Gasteiger partial charge is 0.460 e. The predicted molar refractivity (Wildman–Crippen MR) is 107 cm³/mol. The van der Waals surface area contributed by atoms with Crippen molar-refractivity contribution in [3.8, 4) is 11.4 Å². The first-order valence-corrected chi connectivity index (χ1v) is 9.25. The van der Waals surface area contributed by atoms with Crippen molar-refractivity contribution in [1.29, 1.82) is 0 Å². The number of benzene rings is 2. The number of fused-ring (bicyclic) bond motifs is 1. The van der Waals surface area contributed by atoms with Crippen molar-refractivity contribution >= 4 is 34.2 Å². The molecule has 0 bridgehead atoms. The van der Waals surface area contributed by atoms with Crippen LogP contribution in [0.5, 0.6) is 0 Å². The Morgan fingerprint density at radius 2 is 2.04 bits per heavy atom. The van der Waals surface area contributed by atoms with E-state index in [1.807, 2.05) is 50.2 Å². The SMILES string of the molecule is Cc1cccc(-c2noc(CCC(=O)Nc3cc(Cl)c4oc(C)cc4c3)n2)c1. The molecule has 7 heteroatoms. The number of rotatable bonds is 5. The van der Waals surface area contributed by atoms with E-state index in [0.717, 1.165) is 22.3 Å². The number of carbonyl (C=O) groups excluding carboxylic acids is 1. The number of carbonyl (C=O) groups is 1. The maximum atomic E-state index is 12.3. The van der Waals surface area contributed by atoms with Crippen LogP contribution >= 0.6 is 11.6 Å². The normalized spacial score (nSPS) is 11.1. The molecule has 2 heterocycles. The lowest BCUT2D eigenvalue weighted by atomic mass is 10.1. The topological polar surface area (TPSA) is 81.2 Å². The average Bonchev–Trinajstić information content (AvgIpc) is 3.26. The van der Waals surface area contributed by atoms with Crippen molar-refractivity contribution in [2.45, 2.75) is 26.7 Å². The smallest absolute Gasteiger partial charge is 0.227 e. The summed E-state index contributed by atoms with van der Waals surface area (Å²) in [6.07, 6.45) is 0.570.